The monoisotopic (exact) mass is 554 g/mol. The second-order valence-electron chi connectivity index (χ2n) is 11.1. The van der Waals surface area contributed by atoms with Gasteiger partial charge in [0.15, 0.2) is 0 Å². The molecule has 0 atom stereocenters. The van der Waals surface area contributed by atoms with Gasteiger partial charge < -0.3 is 4.43 Å². The van der Waals surface area contributed by atoms with E-state index in [4.69, 9.17) is 9.41 Å². The van der Waals surface area contributed by atoms with E-state index < -0.39 is 18.3 Å². The number of hydrogen-bond donors (Lipinski definition) is 0. The van der Waals surface area contributed by atoms with Crippen molar-refractivity contribution in [2.75, 3.05) is 14.1 Å². The molecule has 0 saturated carbocycles. The number of sulfonamides is 1. The van der Waals surface area contributed by atoms with Crippen molar-refractivity contribution in [3.05, 3.63) is 103 Å². The van der Waals surface area contributed by atoms with Gasteiger partial charge in [0, 0.05) is 35.9 Å². The zero-order valence-corrected chi connectivity index (χ0v) is 25.1. The fraction of sp³-hybridized carbons (Fsp3) is 0.219. The summed E-state index contributed by atoms with van der Waals surface area (Å²) in [4.78, 5) is 5.18. The van der Waals surface area contributed by atoms with Crippen LogP contribution in [0.5, 0.6) is 5.75 Å². The molecule has 0 unspecified atom stereocenters. The first-order chi connectivity index (χ1) is 18.5. The zero-order valence-electron chi connectivity index (χ0n) is 23.3. The Morgan fingerprint density at radius 2 is 1.23 bits per heavy atom. The predicted molar refractivity (Wildman–Crippen MR) is 163 cm³/mol. The average Bonchev–Trinajstić information content (AvgIpc) is 2.91. The van der Waals surface area contributed by atoms with Crippen LogP contribution in [0.15, 0.2) is 102 Å². The lowest BCUT2D eigenvalue weighted by atomic mass is 10.0. The number of rotatable bonds is 6. The van der Waals surface area contributed by atoms with Crippen molar-refractivity contribution in [2.24, 2.45) is 0 Å². The number of pyridine rings is 1. The smallest absolute Gasteiger partial charge is 0.320 e. The van der Waals surface area contributed by atoms with Gasteiger partial charge in [-0.15, -0.1) is 0 Å². The second kappa shape index (κ2) is 9.90. The Hall–Kier alpha value is -3.52. The maximum Gasteiger partial charge on any atom is 0.320 e. The van der Waals surface area contributed by atoms with Gasteiger partial charge in [-0.25, -0.2) is 17.7 Å². The molecule has 0 N–H and O–H groups in total. The van der Waals surface area contributed by atoms with Gasteiger partial charge in [-0.1, -0.05) is 106 Å². The van der Waals surface area contributed by atoms with Gasteiger partial charge in [0.1, 0.15) is 11.3 Å². The van der Waals surface area contributed by atoms with Gasteiger partial charge in [0.05, 0.1) is 4.90 Å². The third-order valence-corrected chi connectivity index (χ3v) is 14.2. The van der Waals surface area contributed by atoms with Crippen LogP contribution >= 0.6 is 0 Å². The van der Waals surface area contributed by atoms with Crippen LogP contribution in [0.4, 0.5) is 0 Å². The Labute approximate surface area is 232 Å². The highest BCUT2D eigenvalue weighted by molar-refractivity contribution is 7.89. The van der Waals surface area contributed by atoms with Crippen molar-refractivity contribution in [3.63, 3.8) is 0 Å². The average molecular weight is 555 g/mol. The highest BCUT2D eigenvalue weighted by Gasteiger charge is 2.52. The quantitative estimate of drug-likeness (QED) is 0.194. The van der Waals surface area contributed by atoms with E-state index in [1.807, 2.05) is 55.5 Å². The van der Waals surface area contributed by atoms with Crippen molar-refractivity contribution >= 4 is 50.4 Å². The van der Waals surface area contributed by atoms with Gasteiger partial charge in [-0.05, 0) is 34.5 Å². The summed E-state index contributed by atoms with van der Waals surface area (Å²) >= 11 is 0. The lowest BCUT2D eigenvalue weighted by Gasteiger charge is -2.43. The van der Waals surface area contributed by atoms with Gasteiger partial charge >= 0.3 is 8.32 Å². The van der Waals surface area contributed by atoms with E-state index in [-0.39, 0.29) is 9.93 Å². The van der Waals surface area contributed by atoms with Crippen LogP contribution in [0, 0.1) is 6.92 Å². The minimum atomic E-state index is -3.79. The zero-order chi connectivity index (χ0) is 28.0. The Bertz CT molecular complexity index is 1730. The Morgan fingerprint density at radius 1 is 0.718 bits per heavy atom. The summed E-state index contributed by atoms with van der Waals surface area (Å²) < 4.78 is 36.2. The van der Waals surface area contributed by atoms with Crippen LogP contribution in [0.1, 0.15) is 26.5 Å². The van der Waals surface area contributed by atoms with Crippen LogP contribution in [-0.2, 0) is 10.0 Å². The molecule has 0 bridgehead atoms. The van der Waals surface area contributed by atoms with Crippen LogP contribution in [0.2, 0.25) is 5.04 Å². The molecule has 0 aliphatic heterocycles. The first-order valence-electron chi connectivity index (χ1n) is 13.0. The summed E-state index contributed by atoms with van der Waals surface area (Å²) in [6.07, 6.45) is 0. The molecule has 0 saturated heterocycles. The lowest BCUT2D eigenvalue weighted by Crippen LogP contribution is -2.68. The Kier molecular flexibility index (Phi) is 6.87. The third kappa shape index (κ3) is 4.44. The minimum absolute atomic E-state index is 0.250. The molecule has 0 fully saturated rings. The Balaban J connectivity index is 1.96. The summed E-state index contributed by atoms with van der Waals surface area (Å²) in [7, 11) is -3.69. The SMILES string of the molecule is Cc1ccc2c(S(=O)(=O)N(C)C)c3ccccc3c(O[Si](c3ccccc3)(c3ccccc3)C(C)(C)C)c2n1. The second-order valence-corrected chi connectivity index (χ2v) is 17.4. The summed E-state index contributed by atoms with van der Waals surface area (Å²) in [5, 5.41) is 3.91. The van der Waals surface area contributed by atoms with Crippen molar-refractivity contribution in [1.82, 2.24) is 9.29 Å². The number of hydrogen-bond acceptors (Lipinski definition) is 4. The van der Waals surface area contributed by atoms with Crippen LogP contribution in [-0.4, -0.2) is 40.1 Å². The van der Waals surface area contributed by atoms with Gasteiger partial charge in [0.25, 0.3) is 0 Å². The van der Waals surface area contributed by atoms with Crippen LogP contribution in [0.25, 0.3) is 21.7 Å². The van der Waals surface area contributed by atoms with E-state index >= 15 is 0 Å². The molecule has 0 aliphatic carbocycles. The molecule has 0 aliphatic rings. The number of fused-ring (bicyclic) bond motifs is 2. The lowest BCUT2D eigenvalue weighted by molar-refractivity contribution is 0.515. The van der Waals surface area contributed by atoms with Crippen molar-refractivity contribution in [3.8, 4) is 5.75 Å². The summed E-state index contributed by atoms with van der Waals surface area (Å²) in [5.74, 6) is 0.622. The molecule has 39 heavy (non-hydrogen) atoms. The van der Waals surface area contributed by atoms with Crippen LogP contribution < -0.4 is 14.8 Å². The highest BCUT2D eigenvalue weighted by atomic mass is 32.2. The Morgan fingerprint density at radius 3 is 1.74 bits per heavy atom. The topological polar surface area (TPSA) is 59.5 Å². The molecule has 5 rings (SSSR count). The van der Waals surface area contributed by atoms with E-state index in [1.165, 1.54) is 4.31 Å². The van der Waals surface area contributed by atoms with E-state index in [1.54, 1.807) is 14.1 Å². The molecule has 5 aromatic rings. The van der Waals surface area contributed by atoms with E-state index in [2.05, 4.69) is 69.3 Å². The van der Waals surface area contributed by atoms with Gasteiger partial charge in [-0.3, -0.25) is 0 Å². The molecule has 1 aromatic heterocycles. The first kappa shape index (κ1) is 27.1. The van der Waals surface area contributed by atoms with Crippen molar-refractivity contribution in [2.45, 2.75) is 37.6 Å². The van der Waals surface area contributed by atoms with E-state index in [0.29, 0.717) is 22.0 Å². The van der Waals surface area contributed by atoms with E-state index in [0.717, 1.165) is 21.5 Å². The highest BCUT2D eigenvalue weighted by Crippen LogP contribution is 2.44. The normalized spacial score (nSPS) is 12.8. The third-order valence-electron chi connectivity index (χ3n) is 7.32. The predicted octanol–water partition coefficient (Wildman–Crippen LogP) is 5.89. The van der Waals surface area contributed by atoms with Crippen LogP contribution in [0.3, 0.4) is 0 Å². The first-order valence-corrected chi connectivity index (χ1v) is 16.4. The van der Waals surface area contributed by atoms with E-state index in [9.17, 15) is 8.42 Å². The molecule has 0 spiro atoms. The molecule has 5 nitrogen and oxygen atoms in total. The number of benzene rings is 4. The fourth-order valence-corrected chi connectivity index (χ4v) is 11.1. The maximum atomic E-state index is 13.7. The molecule has 0 amide bonds. The van der Waals surface area contributed by atoms with Crippen molar-refractivity contribution < 1.29 is 12.8 Å². The fourth-order valence-electron chi connectivity index (χ4n) is 5.43. The molecule has 7 heteroatoms. The largest absolute Gasteiger partial charge is 0.532 e. The molecule has 0 radical (unpaired) electrons. The van der Waals surface area contributed by atoms with Gasteiger partial charge in [-0.2, -0.15) is 0 Å². The van der Waals surface area contributed by atoms with Crippen molar-refractivity contribution in [1.29, 1.82) is 0 Å². The number of aromatic nitrogens is 1. The molecular formula is C32H34N2O3SSi. The minimum Gasteiger partial charge on any atom is -0.532 e. The summed E-state index contributed by atoms with van der Waals surface area (Å²) in [6, 6.07) is 32.2. The molecular weight excluding hydrogens is 521 g/mol. The molecule has 200 valence electrons. The summed E-state index contributed by atoms with van der Waals surface area (Å²) in [6.45, 7) is 8.61. The van der Waals surface area contributed by atoms with Gasteiger partial charge in [0.2, 0.25) is 10.0 Å². The maximum absolute atomic E-state index is 13.7. The number of nitrogens with zero attached hydrogens (tertiary/aromatic N) is 2. The standard InChI is InChI=1S/C32H34N2O3SSi/c1-23-21-22-28-29(33-23)30(26-19-13-14-20-27(26)31(28)38(35,36)34(5)6)37-39(32(2,3)4,24-15-9-7-10-16-24)25-17-11-8-12-18-25/h7-22H,1-6H3. The molecule has 1 heterocycles. The number of aryl methyl sites for hydroxylation is 1. The summed E-state index contributed by atoms with van der Waals surface area (Å²) in [5.41, 5.74) is 1.35. The molecule has 4 aromatic carbocycles.